The number of carbonyl (C=O) groups is 1. The van der Waals surface area contributed by atoms with Crippen molar-refractivity contribution in [2.24, 2.45) is 0 Å². The van der Waals surface area contributed by atoms with Gasteiger partial charge in [0.05, 0.1) is 38.7 Å². The summed E-state index contributed by atoms with van der Waals surface area (Å²) in [6, 6.07) is 5.17. The highest BCUT2D eigenvalue weighted by atomic mass is 32.2. The van der Waals surface area contributed by atoms with Gasteiger partial charge in [0.25, 0.3) is 0 Å². The molecule has 2 saturated heterocycles. The number of piperazine rings is 1. The van der Waals surface area contributed by atoms with Gasteiger partial charge in [-0.25, -0.2) is 18.2 Å². The number of ether oxygens (including phenoxy) is 2. The third kappa shape index (κ3) is 4.74. The van der Waals surface area contributed by atoms with Gasteiger partial charge < -0.3 is 18.8 Å². The molecule has 4 rings (SSSR count). The lowest BCUT2D eigenvalue weighted by atomic mass is 10.2. The Bertz CT molecular complexity index is 997. The van der Waals surface area contributed by atoms with E-state index in [-0.39, 0.29) is 23.5 Å². The minimum absolute atomic E-state index is 0.0248. The molecule has 2 aromatic heterocycles. The molecule has 0 bridgehead atoms. The summed E-state index contributed by atoms with van der Waals surface area (Å²) in [6.45, 7) is 4.59. The monoisotopic (exact) mass is 450 g/mol. The molecular formula is C20H26N4O6S. The van der Waals surface area contributed by atoms with Crippen LogP contribution in [0.1, 0.15) is 16.1 Å². The van der Waals surface area contributed by atoms with E-state index in [1.165, 1.54) is 23.7 Å². The number of aromatic nitrogens is 1. The molecule has 0 N–H and O–H groups in total. The van der Waals surface area contributed by atoms with E-state index in [1.807, 2.05) is 17.0 Å². The maximum absolute atomic E-state index is 13.4. The first kappa shape index (κ1) is 21.8. The first-order chi connectivity index (χ1) is 15.0. The molecule has 4 heterocycles. The summed E-state index contributed by atoms with van der Waals surface area (Å²) in [4.78, 5) is 20.6. The van der Waals surface area contributed by atoms with E-state index in [0.717, 1.165) is 18.8 Å². The summed E-state index contributed by atoms with van der Waals surface area (Å²) in [5, 5.41) is 0. The number of anilines is 1. The Balaban J connectivity index is 1.59. The Morgan fingerprint density at radius 2 is 1.90 bits per heavy atom. The SMILES string of the molecule is COC(=O)c1cnc(N2CCN(Cc3ccco3)CC2)c(S(=O)(=O)N2CCOCC2)c1. The third-order valence-corrected chi connectivity index (χ3v) is 7.37. The molecule has 2 aliphatic rings. The highest BCUT2D eigenvalue weighted by Gasteiger charge is 2.33. The number of rotatable bonds is 6. The fourth-order valence-corrected chi connectivity index (χ4v) is 5.36. The van der Waals surface area contributed by atoms with Crippen LogP contribution in [0.3, 0.4) is 0 Å². The minimum Gasteiger partial charge on any atom is -0.468 e. The zero-order valence-electron chi connectivity index (χ0n) is 17.4. The number of morpholine rings is 1. The van der Waals surface area contributed by atoms with Crippen LogP contribution in [0.15, 0.2) is 40.0 Å². The van der Waals surface area contributed by atoms with Gasteiger partial charge in [-0.1, -0.05) is 0 Å². The summed E-state index contributed by atoms with van der Waals surface area (Å²) in [5.41, 5.74) is 0.106. The number of sulfonamides is 1. The summed E-state index contributed by atoms with van der Waals surface area (Å²) in [7, 11) is -2.59. The van der Waals surface area contributed by atoms with Crippen LogP contribution < -0.4 is 4.90 Å². The molecule has 10 nitrogen and oxygen atoms in total. The quantitative estimate of drug-likeness (QED) is 0.591. The van der Waals surface area contributed by atoms with Crippen molar-refractivity contribution in [1.82, 2.24) is 14.2 Å². The van der Waals surface area contributed by atoms with E-state index in [9.17, 15) is 13.2 Å². The highest BCUT2D eigenvalue weighted by Crippen LogP contribution is 2.29. The van der Waals surface area contributed by atoms with Gasteiger partial charge in [-0.2, -0.15) is 4.31 Å². The molecule has 0 radical (unpaired) electrons. The topological polar surface area (TPSA) is 105 Å². The predicted molar refractivity (Wildman–Crippen MR) is 111 cm³/mol. The average Bonchev–Trinajstić information content (AvgIpc) is 3.32. The second-order valence-electron chi connectivity index (χ2n) is 7.40. The van der Waals surface area contributed by atoms with Crippen molar-refractivity contribution < 1.29 is 27.1 Å². The average molecular weight is 451 g/mol. The number of hydrogen-bond acceptors (Lipinski definition) is 9. The Labute approximate surface area is 181 Å². The lowest BCUT2D eigenvalue weighted by molar-refractivity contribution is 0.0599. The van der Waals surface area contributed by atoms with Gasteiger partial charge in [0, 0.05) is 45.5 Å². The number of methoxy groups -OCH3 is 1. The number of pyridine rings is 1. The van der Waals surface area contributed by atoms with E-state index in [2.05, 4.69) is 9.88 Å². The van der Waals surface area contributed by atoms with Gasteiger partial charge in [-0.15, -0.1) is 0 Å². The van der Waals surface area contributed by atoms with Crippen LogP contribution in [0.5, 0.6) is 0 Å². The Morgan fingerprint density at radius 3 is 2.55 bits per heavy atom. The number of esters is 1. The van der Waals surface area contributed by atoms with E-state index >= 15 is 0 Å². The number of carbonyl (C=O) groups excluding carboxylic acids is 1. The molecular weight excluding hydrogens is 424 g/mol. The van der Waals surface area contributed by atoms with Crippen molar-refractivity contribution in [2.75, 3.05) is 64.5 Å². The summed E-state index contributed by atoms with van der Waals surface area (Å²) >= 11 is 0. The fraction of sp³-hybridized carbons (Fsp3) is 0.500. The van der Waals surface area contributed by atoms with Crippen molar-refractivity contribution in [3.63, 3.8) is 0 Å². The fourth-order valence-electron chi connectivity index (χ4n) is 3.76. The van der Waals surface area contributed by atoms with Gasteiger partial charge in [-0.3, -0.25) is 4.90 Å². The van der Waals surface area contributed by atoms with E-state index in [0.29, 0.717) is 38.7 Å². The second-order valence-corrected chi connectivity index (χ2v) is 9.30. The number of hydrogen-bond donors (Lipinski definition) is 0. The van der Waals surface area contributed by atoms with Gasteiger partial charge in [0.1, 0.15) is 16.5 Å². The van der Waals surface area contributed by atoms with Crippen molar-refractivity contribution in [2.45, 2.75) is 11.4 Å². The lowest BCUT2D eigenvalue weighted by Crippen LogP contribution is -2.47. The van der Waals surface area contributed by atoms with Crippen LogP contribution in [0.2, 0.25) is 0 Å². The molecule has 0 spiro atoms. The second kappa shape index (κ2) is 9.35. The summed E-state index contributed by atoms with van der Waals surface area (Å²) in [6.07, 6.45) is 3.02. The highest BCUT2D eigenvalue weighted by molar-refractivity contribution is 7.89. The summed E-state index contributed by atoms with van der Waals surface area (Å²) < 4.78 is 43.7. The van der Waals surface area contributed by atoms with Crippen LogP contribution in [0.25, 0.3) is 0 Å². The Hall–Kier alpha value is -2.47. The van der Waals surface area contributed by atoms with Crippen LogP contribution >= 0.6 is 0 Å². The van der Waals surface area contributed by atoms with Crippen LogP contribution in [-0.4, -0.2) is 88.2 Å². The molecule has 11 heteroatoms. The maximum Gasteiger partial charge on any atom is 0.339 e. The summed E-state index contributed by atoms with van der Waals surface area (Å²) in [5.74, 6) is 0.627. The van der Waals surface area contributed by atoms with Crippen molar-refractivity contribution in [1.29, 1.82) is 0 Å². The Kier molecular flexibility index (Phi) is 6.56. The zero-order valence-corrected chi connectivity index (χ0v) is 18.2. The predicted octanol–water partition coefficient (Wildman–Crippen LogP) is 0.804. The zero-order chi connectivity index (χ0) is 21.8. The first-order valence-electron chi connectivity index (χ1n) is 10.1. The van der Waals surface area contributed by atoms with Gasteiger partial charge in [-0.05, 0) is 18.2 Å². The Morgan fingerprint density at radius 1 is 1.16 bits per heavy atom. The molecule has 0 aliphatic carbocycles. The molecule has 2 fully saturated rings. The third-order valence-electron chi connectivity index (χ3n) is 5.47. The molecule has 31 heavy (non-hydrogen) atoms. The minimum atomic E-state index is -3.85. The maximum atomic E-state index is 13.4. The molecule has 2 aliphatic heterocycles. The number of furan rings is 1. The van der Waals surface area contributed by atoms with E-state index in [4.69, 9.17) is 13.9 Å². The largest absolute Gasteiger partial charge is 0.468 e. The standard InChI is InChI=1S/C20H26N4O6S/c1-28-20(25)16-13-18(31(26,27)24-8-11-29-12-9-24)19(21-14-16)23-6-4-22(5-7-23)15-17-3-2-10-30-17/h2-3,10,13-14H,4-9,11-12,15H2,1H3. The van der Waals surface area contributed by atoms with Crippen LogP contribution in [-0.2, 0) is 26.0 Å². The number of nitrogens with zero attached hydrogens (tertiary/aromatic N) is 4. The molecule has 0 atom stereocenters. The first-order valence-corrected chi connectivity index (χ1v) is 11.6. The molecule has 2 aromatic rings. The molecule has 0 amide bonds. The molecule has 0 unspecified atom stereocenters. The van der Waals surface area contributed by atoms with Crippen molar-refractivity contribution in [3.8, 4) is 0 Å². The normalized spacial score (nSPS) is 18.8. The van der Waals surface area contributed by atoms with Crippen LogP contribution in [0, 0.1) is 0 Å². The smallest absolute Gasteiger partial charge is 0.339 e. The van der Waals surface area contributed by atoms with Gasteiger partial charge in [0.2, 0.25) is 10.0 Å². The molecule has 0 aromatic carbocycles. The van der Waals surface area contributed by atoms with Crippen LogP contribution in [0.4, 0.5) is 5.82 Å². The molecule has 0 saturated carbocycles. The van der Waals surface area contributed by atoms with E-state index < -0.39 is 16.0 Å². The van der Waals surface area contributed by atoms with Gasteiger partial charge >= 0.3 is 5.97 Å². The molecule has 168 valence electrons. The van der Waals surface area contributed by atoms with Crippen molar-refractivity contribution >= 4 is 21.8 Å². The van der Waals surface area contributed by atoms with Gasteiger partial charge in [0.15, 0.2) is 0 Å². The van der Waals surface area contributed by atoms with Crippen molar-refractivity contribution in [3.05, 3.63) is 42.0 Å². The lowest BCUT2D eigenvalue weighted by Gasteiger charge is -2.36. The van der Waals surface area contributed by atoms with E-state index in [1.54, 1.807) is 6.26 Å².